The van der Waals surface area contributed by atoms with Gasteiger partial charge in [-0.15, -0.1) is 0 Å². The van der Waals surface area contributed by atoms with E-state index in [4.69, 9.17) is 10.5 Å². The molecule has 106 valence electrons. The lowest BCUT2D eigenvalue weighted by atomic mass is 10.1. The molecule has 3 aromatic carbocycles. The zero-order chi connectivity index (χ0) is 14.9. The van der Waals surface area contributed by atoms with Gasteiger partial charge in [-0.25, -0.2) is 4.98 Å². The molecule has 3 nitrogen and oxygen atoms in total. The van der Waals surface area contributed by atoms with Crippen molar-refractivity contribution in [2.75, 3.05) is 5.73 Å². The average Bonchev–Trinajstić information content (AvgIpc) is 2.54. The highest BCUT2D eigenvalue weighted by atomic mass is 16.5. The summed E-state index contributed by atoms with van der Waals surface area (Å²) >= 11 is 0. The van der Waals surface area contributed by atoms with Gasteiger partial charge < -0.3 is 10.5 Å². The van der Waals surface area contributed by atoms with Crippen LogP contribution in [0.15, 0.2) is 72.8 Å². The van der Waals surface area contributed by atoms with Crippen LogP contribution in [0, 0.1) is 0 Å². The number of nitrogens with two attached hydrogens (primary N) is 1. The first-order valence-corrected chi connectivity index (χ1v) is 7.11. The fourth-order valence-corrected chi connectivity index (χ4v) is 2.61. The van der Waals surface area contributed by atoms with E-state index in [1.54, 1.807) is 6.07 Å². The topological polar surface area (TPSA) is 48.1 Å². The molecule has 0 amide bonds. The summed E-state index contributed by atoms with van der Waals surface area (Å²) < 4.78 is 6.06. The first kappa shape index (κ1) is 12.7. The van der Waals surface area contributed by atoms with E-state index in [9.17, 15) is 0 Å². The minimum absolute atomic E-state index is 0.453. The molecule has 3 heteroatoms. The number of nitrogens with zero attached hydrogens (tertiary/aromatic N) is 1. The third-order valence-corrected chi connectivity index (χ3v) is 3.65. The SMILES string of the molecule is Nc1cc(Oc2ccc3ccccc3c2)c2ccccc2n1. The fraction of sp³-hybridized carbons (Fsp3) is 0. The van der Waals surface area contributed by atoms with Crippen molar-refractivity contribution in [2.24, 2.45) is 0 Å². The first-order valence-electron chi connectivity index (χ1n) is 7.11. The Balaban J connectivity index is 1.82. The third kappa shape index (κ3) is 2.23. The average molecular weight is 286 g/mol. The van der Waals surface area contributed by atoms with Crippen LogP contribution in [0.2, 0.25) is 0 Å². The summed E-state index contributed by atoms with van der Waals surface area (Å²) in [5.41, 5.74) is 6.71. The summed E-state index contributed by atoms with van der Waals surface area (Å²) in [6.45, 7) is 0. The molecule has 2 N–H and O–H groups in total. The Kier molecular flexibility index (Phi) is 2.90. The predicted octanol–water partition coefficient (Wildman–Crippen LogP) is 4.76. The summed E-state index contributed by atoms with van der Waals surface area (Å²) in [4.78, 5) is 4.33. The minimum atomic E-state index is 0.453. The van der Waals surface area contributed by atoms with Crippen LogP contribution in [-0.2, 0) is 0 Å². The standard InChI is InChI=1S/C19H14N2O/c20-19-12-18(16-7-3-4-8-17(16)21-19)22-15-10-9-13-5-1-2-6-14(13)11-15/h1-12H,(H2,20,21). The monoisotopic (exact) mass is 286 g/mol. The van der Waals surface area contributed by atoms with E-state index in [1.165, 1.54) is 5.39 Å². The highest BCUT2D eigenvalue weighted by molar-refractivity contribution is 5.87. The maximum absolute atomic E-state index is 6.06. The van der Waals surface area contributed by atoms with Gasteiger partial charge in [0.2, 0.25) is 0 Å². The Bertz CT molecular complexity index is 979. The van der Waals surface area contributed by atoms with Gasteiger partial charge in [0.05, 0.1) is 5.52 Å². The first-order chi connectivity index (χ1) is 10.8. The zero-order valence-corrected chi connectivity index (χ0v) is 11.9. The van der Waals surface area contributed by atoms with Crippen LogP contribution in [0.3, 0.4) is 0 Å². The molecule has 1 heterocycles. The smallest absolute Gasteiger partial charge is 0.140 e. The Morgan fingerprint density at radius 2 is 1.55 bits per heavy atom. The summed E-state index contributed by atoms with van der Waals surface area (Å²) in [7, 11) is 0. The van der Waals surface area contributed by atoms with E-state index in [1.807, 2.05) is 48.5 Å². The maximum atomic E-state index is 6.06. The molecule has 0 atom stereocenters. The highest BCUT2D eigenvalue weighted by Gasteiger charge is 2.07. The van der Waals surface area contributed by atoms with Gasteiger partial charge in [0, 0.05) is 11.5 Å². The number of fused-ring (bicyclic) bond motifs is 2. The van der Waals surface area contributed by atoms with Crippen molar-refractivity contribution < 1.29 is 4.74 Å². The summed E-state index contributed by atoms with van der Waals surface area (Å²) in [5.74, 6) is 1.96. The van der Waals surface area contributed by atoms with Crippen molar-refractivity contribution in [3.63, 3.8) is 0 Å². The Morgan fingerprint density at radius 1 is 0.773 bits per heavy atom. The molecule has 0 spiro atoms. The second kappa shape index (κ2) is 5.04. The largest absolute Gasteiger partial charge is 0.457 e. The summed E-state index contributed by atoms with van der Waals surface area (Å²) in [6, 6.07) is 23.8. The minimum Gasteiger partial charge on any atom is -0.457 e. The third-order valence-electron chi connectivity index (χ3n) is 3.65. The van der Waals surface area contributed by atoms with Crippen molar-refractivity contribution >= 4 is 27.5 Å². The predicted molar refractivity (Wildman–Crippen MR) is 90.2 cm³/mol. The van der Waals surface area contributed by atoms with Gasteiger partial charge in [-0.05, 0) is 35.0 Å². The lowest BCUT2D eigenvalue weighted by Gasteiger charge is -2.10. The number of rotatable bonds is 2. The molecule has 0 bridgehead atoms. The summed E-state index contributed by atoms with van der Waals surface area (Å²) in [6.07, 6.45) is 0. The van der Waals surface area contributed by atoms with Crippen LogP contribution in [0.25, 0.3) is 21.7 Å². The quantitative estimate of drug-likeness (QED) is 0.578. The van der Waals surface area contributed by atoms with Gasteiger partial charge in [0.1, 0.15) is 17.3 Å². The molecule has 22 heavy (non-hydrogen) atoms. The second-order valence-corrected chi connectivity index (χ2v) is 5.17. The van der Waals surface area contributed by atoms with E-state index in [0.717, 1.165) is 27.8 Å². The molecule has 0 saturated carbocycles. The van der Waals surface area contributed by atoms with Crippen molar-refractivity contribution in [1.82, 2.24) is 4.98 Å². The van der Waals surface area contributed by atoms with Crippen LogP contribution in [-0.4, -0.2) is 4.98 Å². The number of nitrogen functional groups attached to an aromatic ring is 1. The maximum Gasteiger partial charge on any atom is 0.140 e. The second-order valence-electron chi connectivity index (χ2n) is 5.17. The van der Waals surface area contributed by atoms with E-state index in [2.05, 4.69) is 23.2 Å². The Morgan fingerprint density at radius 3 is 2.45 bits per heavy atom. The van der Waals surface area contributed by atoms with Crippen molar-refractivity contribution in [1.29, 1.82) is 0 Å². The van der Waals surface area contributed by atoms with Crippen molar-refractivity contribution in [3.05, 3.63) is 72.8 Å². The van der Waals surface area contributed by atoms with Crippen LogP contribution >= 0.6 is 0 Å². The van der Waals surface area contributed by atoms with Gasteiger partial charge >= 0.3 is 0 Å². The van der Waals surface area contributed by atoms with Crippen LogP contribution in [0.4, 0.5) is 5.82 Å². The lowest BCUT2D eigenvalue weighted by Crippen LogP contribution is -1.93. The highest BCUT2D eigenvalue weighted by Crippen LogP contribution is 2.32. The molecule has 0 aliphatic rings. The van der Waals surface area contributed by atoms with Gasteiger partial charge in [0.25, 0.3) is 0 Å². The zero-order valence-electron chi connectivity index (χ0n) is 11.9. The number of aromatic nitrogens is 1. The molecule has 0 aliphatic heterocycles. The molecular weight excluding hydrogens is 272 g/mol. The van der Waals surface area contributed by atoms with Crippen LogP contribution in [0.1, 0.15) is 0 Å². The molecule has 0 fully saturated rings. The number of para-hydroxylation sites is 1. The molecule has 0 radical (unpaired) electrons. The number of pyridine rings is 1. The number of anilines is 1. The van der Waals surface area contributed by atoms with Crippen molar-refractivity contribution in [3.8, 4) is 11.5 Å². The number of hydrogen-bond donors (Lipinski definition) is 1. The number of ether oxygens (including phenoxy) is 1. The van der Waals surface area contributed by atoms with Gasteiger partial charge in [0.15, 0.2) is 0 Å². The number of hydrogen-bond acceptors (Lipinski definition) is 3. The van der Waals surface area contributed by atoms with Crippen LogP contribution in [0.5, 0.6) is 11.5 Å². The van der Waals surface area contributed by atoms with Gasteiger partial charge in [-0.2, -0.15) is 0 Å². The lowest BCUT2D eigenvalue weighted by molar-refractivity contribution is 0.489. The normalized spacial score (nSPS) is 10.9. The van der Waals surface area contributed by atoms with E-state index in [-0.39, 0.29) is 0 Å². The molecule has 0 saturated heterocycles. The fourth-order valence-electron chi connectivity index (χ4n) is 2.61. The molecule has 0 unspecified atom stereocenters. The van der Waals surface area contributed by atoms with E-state index in [0.29, 0.717) is 5.82 Å². The van der Waals surface area contributed by atoms with Crippen molar-refractivity contribution in [2.45, 2.75) is 0 Å². The van der Waals surface area contributed by atoms with E-state index >= 15 is 0 Å². The van der Waals surface area contributed by atoms with Gasteiger partial charge in [-0.3, -0.25) is 0 Å². The molecule has 4 aromatic rings. The van der Waals surface area contributed by atoms with Crippen LogP contribution < -0.4 is 10.5 Å². The molecular formula is C19H14N2O. The summed E-state index contributed by atoms with van der Waals surface area (Å²) in [5, 5.41) is 3.28. The number of benzene rings is 3. The molecule has 1 aromatic heterocycles. The van der Waals surface area contributed by atoms with Gasteiger partial charge in [-0.1, -0.05) is 42.5 Å². The molecule has 0 aliphatic carbocycles. The van der Waals surface area contributed by atoms with E-state index < -0.39 is 0 Å². The Hall–Kier alpha value is -3.07. The molecule has 4 rings (SSSR count). The Labute approximate surface area is 128 Å².